The maximum atomic E-state index is 13.7. The van der Waals surface area contributed by atoms with E-state index in [1.807, 2.05) is 48.7 Å². The van der Waals surface area contributed by atoms with E-state index in [1.165, 1.54) is 6.92 Å². The van der Waals surface area contributed by atoms with Gasteiger partial charge in [0, 0.05) is 46.7 Å². The van der Waals surface area contributed by atoms with Crippen molar-refractivity contribution in [2.75, 3.05) is 5.32 Å². The molecular formula is C29H27BrN6O3. The number of ketones is 1. The maximum absolute atomic E-state index is 13.7. The van der Waals surface area contributed by atoms with Crippen LogP contribution >= 0.6 is 15.9 Å². The number of likely N-dealkylation sites (tertiary alicyclic amines) is 1. The topological polar surface area (TPSA) is 110 Å². The lowest BCUT2D eigenvalue weighted by molar-refractivity contribution is -0.138. The molecule has 1 N–H and O–H groups in total. The summed E-state index contributed by atoms with van der Waals surface area (Å²) in [5, 5.41) is 3.69. The van der Waals surface area contributed by atoms with Crippen molar-refractivity contribution in [2.24, 2.45) is 5.92 Å². The second kappa shape index (κ2) is 9.68. The number of aryl methyl sites for hydroxylation is 2. The number of Topliss-reactive ketones (excluding diaryl/α,β-unsaturated/α-hetero) is 1. The number of anilines is 1. The third-order valence-corrected chi connectivity index (χ3v) is 8.12. The molecule has 3 aromatic heterocycles. The van der Waals surface area contributed by atoms with E-state index in [4.69, 9.17) is 0 Å². The summed E-state index contributed by atoms with van der Waals surface area (Å²) in [6.45, 7) is 5.27. The van der Waals surface area contributed by atoms with E-state index in [-0.39, 0.29) is 30.2 Å². The summed E-state index contributed by atoms with van der Waals surface area (Å²) < 4.78 is 2.44. The van der Waals surface area contributed by atoms with Gasteiger partial charge in [0.15, 0.2) is 5.78 Å². The standard InChI is InChI=1S/C29H27BrN6O3/c1-15-4-7-26(30)33-28(15)34-29(39)25-10-19-9-24(19)36(25)27(38)14-35-13-22(16(2)37)21-8-18(5-6-23(21)35)20-11-31-17(3)32-12-20/h4-8,11-13,19,24-25H,9-10,14H2,1-3H3,(H,33,34,39)/t19-,24-,25+/m1/s1. The molecule has 1 aliphatic heterocycles. The quantitative estimate of drug-likeness (QED) is 0.259. The number of hydrogen-bond donors (Lipinski definition) is 1. The Labute approximate surface area is 233 Å². The van der Waals surface area contributed by atoms with Gasteiger partial charge in [0.05, 0.1) is 0 Å². The van der Waals surface area contributed by atoms with Gasteiger partial charge in [0.1, 0.15) is 28.8 Å². The lowest BCUT2D eigenvalue weighted by Crippen LogP contribution is -2.46. The summed E-state index contributed by atoms with van der Waals surface area (Å²) in [6, 6.07) is 9.02. The van der Waals surface area contributed by atoms with E-state index < -0.39 is 6.04 Å². The number of pyridine rings is 1. The molecule has 2 amide bonds. The van der Waals surface area contributed by atoms with Crippen molar-refractivity contribution in [1.82, 2.24) is 24.4 Å². The van der Waals surface area contributed by atoms with E-state index in [0.29, 0.717) is 34.1 Å². The highest BCUT2D eigenvalue weighted by Gasteiger charge is 2.56. The molecule has 2 aliphatic rings. The molecule has 1 saturated heterocycles. The van der Waals surface area contributed by atoms with Gasteiger partial charge >= 0.3 is 0 Å². The molecule has 1 aromatic carbocycles. The Morgan fingerprint density at radius 2 is 1.82 bits per heavy atom. The number of rotatable bonds is 6. The number of amides is 2. The molecule has 3 atom stereocenters. The second-order valence-corrected chi connectivity index (χ2v) is 11.2. The van der Waals surface area contributed by atoms with Gasteiger partial charge in [0.25, 0.3) is 0 Å². The highest BCUT2D eigenvalue weighted by Crippen LogP contribution is 2.48. The summed E-state index contributed by atoms with van der Waals surface area (Å²) in [6.07, 6.45) is 6.81. The predicted octanol–water partition coefficient (Wildman–Crippen LogP) is 4.70. The number of piperidine rings is 1. The average Bonchev–Trinajstić information content (AvgIpc) is 3.41. The summed E-state index contributed by atoms with van der Waals surface area (Å²) in [4.78, 5) is 54.2. The lowest BCUT2D eigenvalue weighted by Gasteiger charge is -2.27. The van der Waals surface area contributed by atoms with Gasteiger partial charge in [-0.25, -0.2) is 15.0 Å². The lowest BCUT2D eigenvalue weighted by atomic mass is 10.0. The Kier molecular flexibility index (Phi) is 6.29. The van der Waals surface area contributed by atoms with E-state index in [9.17, 15) is 14.4 Å². The number of carbonyl (C=O) groups is 3. The minimum atomic E-state index is -0.552. The molecule has 0 spiro atoms. The Hall–Kier alpha value is -3.92. The first kappa shape index (κ1) is 25.4. The van der Waals surface area contributed by atoms with Gasteiger partial charge < -0.3 is 14.8 Å². The number of fused-ring (bicyclic) bond motifs is 2. The summed E-state index contributed by atoms with van der Waals surface area (Å²) in [7, 11) is 0. The van der Waals surface area contributed by atoms with Gasteiger partial charge in [-0.05, 0) is 84.8 Å². The van der Waals surface area contributed by atoms with Crippen LogP contribution in [0.1, 0.15) is 41.5 Å². The third kappa shape index (κ3) is 4.73. The van der Waals surface area contributed by atoms with E-state index in [1.54, 1.807) is 23.5 Å². The number of aromatic nitrogens is 4. The number of halogens is 1. The molecule has 4 aromatic rings. The van der Waals surface area contributed by atoms with Crippen molar-refractivity contribution in [3.05, 3.63) is 70.5 Å². The van der Waals surface area contributed by atoms with Gasteiger partial charge in [-0.2, -0.15) is 0 Å². The van der Waals surface area contributed by atoms with Crippen LogP contribution < -0.4 is 5.32 Å². The summed E-state index contributed by atoms with van der Waals surface area (Å²) in [5.74, 6) is 1.07. The van der Waals surface area contributed by atoms with Crippen molar-refractivity contribution in [1.29, 1.82) is 0 Å². The van der Waals surface area contributed by atoms with E-state index in [2.05, 4.69) is 36.2 Å². The molecule has 39 heavy (non-hydrogen) atoms. The van der Waals surface area contributed by atoms with Crippen LogP contribution in [0, 0.1) is 19.8 Å². The maximum Gasteiger partial charge on any atom is 0.248 e. The molecular weight excluding hydrogens is 560 g/mol. The number of nitrogens with zero attached hydrogens (tertiary/aromatic N) is 5. The van der Waals surface area contributed by atoms with Crippen LogP contribution in [0.2, 0.25) is 0 Å². The molecule has 1 saturated carbocycles. The summed E-state index contributed by atoms with van der Waals surface area (Å²) in [5.41, 5.74) is 3.92. The zero-order valence-electron chi connectivity index (χ0n) is 21.8. The second-order valence-electron chi connectivity index (χ2n) is 10.4. The van der Waals surface area contributed by atoms with Crippen molar-refractivity contribution < 1.29 is 14.4 Å². The molecule has 9 nitrogen and oxygen atoms in total. The normalized spacial score (nSPS) is 19.7. The fraction of sp³-hybridized carbons (Fsp3) is 0.310. The van der Waals surface area contributed by atoms with Crippen LogP contribution in [0.3, 0.4) is 0 Å². The van der Waals surface area contributed by atoms with E-state index >= 15 is 0 Å². The van der Waals surface area contributed by atoms with Crippen LogP contribution in [0.5, 0.6) is 0 Å². The highest BCUT2D eigenvalue weighted by atomic mass is 79.9. The van der Waals surface area contributed by atoms with Crippen molar-refractivity contribution in [2.45, 2.75) is 52.2 Å². The average molecular weight is 587 g/mol. The molecule has 4 heterocycles. The number of nitrogens with one attached hydrogen (secondary N) is 1. The van der Waals surface area contributed by atoms with Crippen LogP contribution in [0.4, 0.5) is 5.82 Å². The molecule has 6 rings (SSSR count). The molecule has 0 bridgehead atoms. The monoisotopic (exact) mass is 586 g/mol. The first-order chi connectivity index (χ1) is 18.7. The smallest absolute Gasteiger partial charge is 0.248 e. The minimum Gasteiger partial charge on any atom is -0.337 e. The Bertz CT molecular complexity index is 1650. The van der Waals surface area contributed by atoms with Gasteiger partial charge in [-0.15, -0.1) is 0 Å². The Morgan fingerprint density at radius 1 is 1.05 bits per heavy atom. The number of hydrogen-bond acceptors (Lipinski definition) is 6. The third-order valence-electron chi connectivity index (χ3n) is 7.68. The molecule has 2 fully saturated rings. The Balaban J connectivity index is 1.27. The van der Waals surface area contributed by atoms with Crippen molar-refractivity contribution >= 4 is 50.2 Å². The van der Waals surface area contributed by atoms with E-state index in [0.717, 1.165) is 34.0 Å². The molecule has 1 aliphatic carbocycles. The zero-order valence-corrected chi connectivity index (χ0v) is 23.4. The molecule has 10 heteroatoms. The molecule has 0 unspecified atom stereocenters. The largest absolute Gasteiger partial charge is 0.337 e. The molecule has 0 radical (unpaired) electrons. The fourth-order valence-corrected chi connectivity index (χ4v) is 5.85. The first-order valence-electron chi connectivity index (χ1n) is 12.9. The van der Waals surface area contributed by atoms with Gasteiger partial charge in [-0.3, -0.25) is 14.4 Å². The zero-order chi connectivity index (χ0) is 27.4. The Morgan fingerprint density at radius 3 is 2.56 bits per heavy atom. The first-order valence-corrected chi connectivity index (χ1v) is 13.7. The number of carbonyl (C=O) groups excluding carboxylic acids is 3. The van der Waals surface area contributed by atoms with Crippen LogP contribution in [-0.2, 0) is 16.1 Å². The van der Waals surface area contributed by atoms with Crippen LogP contribution in [-0.4, -0.2) is 54.1 Å². The van der Waals surface area contributed by atoms with Gasteiger partial charge in [0.2, 0.25) is 11.8 Å². The fourth-order valence-electron chi connectivity index (χ4n) is 5.54. The highest BCUT2D eigenvalue weighted by molar-refractivity contribution is 9.10. The summed E-state index contributed by atoms with van der Waals surface area (Å²) >= 11 is 3.35. The van der Waals surface area contributed by atoms with Crippen molar-refractivity contribution in [3.63, 3.8) is 0 Å². The van der Waals surface area contributed by atoms with Gasteiger partial charge in [-0.1, -0.05) is 12.1 Å². The predicted molar refractivity (Wildman–Crippen MR) is 150 cm³/mol. The number of benzene rings is 1. The SMILES string of the molecule is CC(=O)c1cn(CC(=O)N2[C@@H]3C[C@@H]3C[C@H]2C(=O)Nc2nc(Br)ccc2C)c2ccc(-c3cnc(C)nc3)cc12. The van der Waals surface area contributed by atoms with Crippen LogP contribution in [0.25, 0.3) is 22.0 Å². The van der Waals surface area contributed by atoms with Crippen LogP contribution in [0.15, 0.2) is 53.5 Å². The van der Waals surface area contributed by atoms with Crippen molar-refractivity contribution in [3.8, 4) is 11.1 Å². The molecule has 198 valence electrons. The minimum absolute atomic E-state index is 0.0396.